The molecule has 0 aromatic rings. The van der Waals surface area contributed by atoms with Gasteiger partial charge in [-0.05, 0) is 24.0 Å². The summed E-state index contributed by atoms with van der Waals surface area (Å²) in [6.45, 7) is 9.74. The molecule has 0 atom stereocenters. The van der Waals surface area contributed by atoms with E-state index in [1.165, 1.54) is 0 Å². The van der Waals surface area contributed by atoms with Crippen molar-refractivity contribution in [2.75, 3.05) is 7.05 Å². The van der Waals surface area contributed by atoms with Crippen molar-refractivity contribution in [3.05, 3.63) is 23.4 Å². The van der Waals surface area contributed by atoms with Crippen molar-refractivity contribution in [2.24, 2.45) is 5.92 Å². The Bertz CT molecular complexity index is 214. The third kappa shape index (κ3) is 2.53. The summed E-state index contributed by atoms with van der Waals surface area (Å²) in [5.41, 5.74) is 2.59. The molecule has 0 spiro atoms. The summed E-state index contributed by atoms with van der Waals surface area (Å²) in [4.78, 5) is 10.5. The standard InChI is InChI=1S/C10H17NO/c1-7(2)10(8(3)6-12)9(4)11-5/h6-7,11H,4H2,1-3,5H3/b10-8-. The molecule has 1 N–H and O–H groups in total. The SMILES string of the molecule is C=C(NC)/C(=C(/C)C=O)C(C)C. The number of aldehydes is 1. The van der Waals surface area contributed by atoms with Gasteiger partial charge in [-0.2, -0.15) is 0 Å². The normalized spacial score (nSPS) is 12.4. The van der Waals surface area contributed by atoms with Crippen LogP contribution in [-0.2, 0) is 4.79 Å². The average molecular weight is 167 g/mol. The first-order chi connectivity index (χ1) is 5.54. The van der Waals surface area contributed by atoms with Crippen LogP contribution in [0.3, 0.4) is 0 Å². The fourth-order valence-electron chi connectivity index (χ4n) is 1.24. The minimum Gasteiger partial charge on any atom is -0.388 e. The Labute approximate surface area is 74.4 Å². The predicted octanol–water partition coefficient (Wildman–Crippen LogP) is 1.89. The number of hydrogen-bond acceptors (Lipinski definition) is 2. The summed E-state index contributed by atoms with van der Waals surface area (Å²) in [6, 6.07) is 0. The van der Waals surface area contributed by atoms with Crippen LogP contribution in [0.15, 0.2) is 23.4 Å². The third-order valence-corrected chi connectivity index (χ3v) is 1.81. The van der Waals surface area contributed by atoms with Crippen molar-refractivity contribution in [1.29, 1.82) is 0 Å². The molecule has 2 heteroatoms. The molecule has 0 heterocycles. The number of carbonyl (C=O) groups excluding carboxylic acids is 1. The van der Waals surface area contributed by atoms with E-state index in [0.717, 1.165) is 23.1 Å². The zero-order chi connectivity index (χ0) is 9.72. The molecular formula is C10H17NO. The minimum absolute atomic E-state index is 0.329. The molecule has 68 valence electrons. The Kier molecular flexibility index (Phi) is 4.34. The summed E-state index contributed by atoms with van der Waals surface area (Å²) < 4.78 is 0. The lowest BCUT2D eigenvalue weighted by molar-refractivity contribution is -0.104. The second-order valence-corrected chi connectivity index (χ2v) is 3.10. The van der Waals surface area contributed by atoms with E-state index in [1.54, 1.807) is 0 Å². The molecule has 0 radical (unpaired) electrons. The van der Waals surface area contributed by atoms with Gasteiger partial charge in [-0.25, -0.2) is 0 Å². The quantitative estimate of drug-likeness (QED) is 0.393. The summed E-state index contributed by atoms with van der Waals surface area (Å²) >= 11 is 0. The summed E-state index contributed by atoms with van der Waals surface area (Å²) in [5, 5.41) is 2.95. The maximum atomic E-state index is 10.5. The molecule has 0 aliphatic carbocycles. The first-order valence-corrected chi connectivity index (χ1v) is 4.07. The van der Waals surface area contributed by atoms with E-state index >= 15 is 0 Å². The van der Waals surface area contributed by atoms with Crippen LogP contribution >= 0.6 is 0 Å². The van der Waals surface area contributed by atoms with Crippen LogP contribution < -0.4 is 5.32 Å². The summed E-state index contributed by atoms with van der Waals surface area (Å²) in [7, 11) is 1.81. The van der Waals surface area contributed by atoms with Gasteiger partial charge in [0.2, 0.25) is 0 Å². The highest BCUT2D eigenvalue weighted by molar-refractivity contribution is 5.75. The Hall–Kier alpha value is -1.05. The van der Waals surface area contributed by atoms with Gasteiger partial charge in [0.05, 0.1) is 0 Å². The van der Waals surface area contributed by atoms with Crippen LogP contribution in [0.5, 0.6) is 0 Å². The van der Waals surface area contributed by atoms with Crippen molar-refractivity contribution < 1.29 is 4.79 Å². The van der Waals surface area contributed by atoms with E-state index in [-0.39, 0.29) is 0 Å². The fourth-order valence-corrected chi connectivity index (χ4v) is 1.24. The molecule has 0 aliphatic heterocycles. The number of rotatable bonds is 4. The van der Waals surface area contributed by atoms with E-state index < -0.39 is 0 Å². The average Bonchev–Trinajstić information content (AvgIpc) is 2.03. The van der Waals surface area contributed by atoms with Gasteiger partial charge in [0.25, 0.3) is 0 Å². The maximum Gasteiger partial charge on any atom is 0.146 e. The van der Waals surface area contributed by atoms with Crippen LogP contribution in [0, 0.1) is 5.92 Å². The van der Waals surface area contributed by atoms with Gasteiger partial charge in [-0.15, -0.1) is 0 Å². The van der Waals surface area contributed by atoms with Gasteiger partial charge in [0, 0.05) is 12.7 Å². The zero-order valence-corrected chi connectivity index (χ0v) is 8.27. The molecule has 0 unspecified atom stereocenters. The van der Waals surface area contributed by atoms with Gasteiger partial charge in [0.1, 0.15) is 6.29 Å². The van der Waals surface area contributed by atoms with Crippen LogP contribution in [0.2, 0.25) is 0 Å². The number of likely N-dealkylation sites (N-methyl/N-ethyl adjacent to an activating group) is 1. The summed E-state index contributed by atoms with van der Waals surface area (Å²) in [5.74, 6) is 0.329. The molecule has 0 saturated carbocycles. The Balaban J connectivity index is 4.90. The van der Waals surface area contributed by atoms with E-state index in [1.807, 2.05) is 27.8 Å². The lowest BCUT2D eigenvalue weighted by Gasteiger charge is -2.15. The number of allylic oxidation sites excluding steroid dienone is 2. The van der Waals surface area contributed by atoms with Crippen LogP contribution in [-0.4, -0.2) is 13.3 Å². The van der Waals surface area contributed by atoms with Crippen molar-refractivity contribution in [3.8, 4) is 0 Å². The molecule has 0 aromatic heterocycles. The lowest BCUT2D eigenvalue weighted by Crippen LogP contribution is -2.12. The Morgan fingerprint density at radius 2 is 2.00 bits per heavy atom. The maximum absolute atomic E-state index is 10.5. The molecule has 0 bridgehead atoms. The molecule has 12 heavy (non-hydrogen) atoms. The number of carbonyl (C=O) groups is 1. The highest BCUT2D eigenvalue weighted by atomic mass is 16.1. The van der Waals surface area contributed by atoms with Crippen LogP contribution in [0.25, 0.3) is 0 Å². The molecule has 0 aliphatic rings. The van der Waals surface area contributed by atoms with E-state index in [2.05, 4.69) is 11.9 Å². The largest absolute Gasteiger partial charge is 0.388 e. The van der Waals surface area contributed by atoms with E-state index in [0.29, 0.717) is 5.92 Å². The van der Waals surface area contributed by atoms with Crippen LogP contribution in [0.1, 0.15) is 20.8 Å². The number of hydrogen-bond donors (Lipinski definition) is 1. The smallest absolute Gasteiger partial charge is 0.146 e. The van der Waals surface area contributed by atoms with Crippen molar-refractivity contribution in [1.82, 2.24) is 5.32 Å². The van der Waals surface area contributed by atoms with E-state index in [9.17, 15) is 4.79 Å². The minimum atomic E-state index is 0.329. The lowest BCUT2D eigenvalue weighted by atomic mass is 9.96. The molecule has 0 saturated heterocycles. The van der Waals surface area contributed by atoms with Gasteiger partial charge in [0.15, 0.2) is 0 Å². The Morgan fingerprint density at radius 1 is 1.50 bits per heavy atom. The highest BCUT2D eigenvalue weighted by Gasteiger charge is 2.09. The van der Waals surface area contributed by atoms with Gasteiger partial charge in [-0.3, -0.25) is 4.79 Å². The first-order valence-electron chi connectivity index (χ1n) is 4.07. The second kappa shape index (κ2) is 4.75. The molecule has 0 fully saturated rings. The van der Waals surface area contributed by atoms with E-state index in [4.69, 9.17) is 0 Å². The Morgan fingerprint density at radius 3 is 2.25 bits per heavy atom. The van der Waals surface area contributed by atoms with Crippen molar-refractivity contribution in [3.63, 3.8) is 0 Å². The first kappa shape index (κ1) is 11.0. The second-order valence-electron chi connectivity index (χ2n) is 3.10. The third-order valence-electron chi connectivity index (χ3n) is 1.81. The topological polar surface area (TPSA) is 29.1 Å². The molecule has 0 rings (SSSR count). The van der Waals surface area contributed by atoms with Crippen LogP contribution in [0.4, 0.5) is 0 Å². The van der Waals surface area contributed by atoms with Crippen molar-refractivity contribution in [2.45, 2.75) is 20.8 Å². The number of nitrogens with one attached hydrogen (secondary N) is 1. The molecule has 2 nitrogen and oxygen atoms in total. The molecule has 0 aromatic carbocycles. The highest BCUT2D eigenvalue weighted by Crippen LogP contribution is 2.18. The predicted molar refractivity (Wildman–Crippen MR) is 51.8 cm³/mol. The van der Waals surface area contributed by atoms with Gasteiger partial charge in [-0.1, -0.05) is 20.4 Å². The van der Waals surface area contributed by atoms with Crippen molar-refractivity contribution >= 4 is 6.29 Å². The fraction of sp³-hybridized carbons (Fsp3) is 0.500. The zero-order valence-electron chi connectivity index (χ0n) is 8.27. The molecular weight excluding hydrogens is 150 g/mol. The van der Waals surface area contributed by atoms with Gasteiger partial charge < -0.3 is 5.32 Å². The summed E-state index contributed by atoms with van der Waals surface area (Å²) in [6.07, 6.45) is 0.873. The van der Waals surface area contributed by atoms with Gasteiger partial charge >= 0.3 is 0 Å². The monoisotopic (exact) mass is 167 g/mol. The molecule has 0 amide bonds.